The fraction of sp³-hybridized carbons (Fsp3) is 1.00. The molecule has 0 spiro atoms. The van der Waals surface area contributed by atoms with E-state index in [1.807, 2.05) is 0 Å². The molecule has 0 aromatic carbocycles. The van der Waals surface area contributed by atoms with Gasteiger partial charge in [0.2, 0.25) is 0 Å². The topological polar surface area (TPSA) is 41.7 Å². The van der Waals surface area contributed by atoms with Crippen LogP contribution in [-0.4, -0.2) is 66.8 Å². The number of piperazine rings is 1. The van der Waals surface area contributed by atoms with E-state index in [9.17, 15) is 0 Å². The van der Waals surface area contributed by atoms with Gasteiger partial charge >= 0.3 is 0 Å². The predicted octanol–water partition coefficient (Wildman–Crippen LogP) is 1.30. The summed E-state index contributed by atoms with van der Waals surface area (Å²) in [6, 6.07) is 0.661. The zero-order valence-electron chi connectivity index (χ0n) is 12.9. The lowest BCUT2D eigenvalue weighted by molar-refractivity contribution is -0.0842. The minimum absolute atomic E-state index is 0.196. The molecule has 0 aromatic heterocycles. The van der Waals surface area contributed by atoms with Crippen LogP contribution in [-0.2, 0) is 4.74 Å². The molecule has 0 amide bonds. The molecule has 2 N–H and O–H groups in total. The summed E-state index contributed by atoms with van der Waals surface area (Å²) in [5, 5.41) is 0. The zero-order valence-corrected chi connectivity index (χ0v) is 12.9. The number of nitrogens with zero attached hydrogens (tertiary/aromatic N) is 2. The molecule has 2 aliphatic rings. The Morgan fingerprint density at radius 2 is 1.95 bits per heavy atom. The maximum atomic E-state index is 6.17. The molecule has 0 radical (unpaired) electrons. The SMILES string of the molecule is CCC1CC(CN)(N2CCN(C(C)C)CC2)CCO1. The summed E-state index contributed by atoms with van der Waals surface area (Å²) in [7, 11) is 0. The maximum Gasteiger partial charge on any atom is 0.0590 e. The first-order chi connectivity index (χ1) is 9.11. The second-order valence-corrected chi connectivity index (χ2v) is 6.40. The Morgan fingerprint density at radius 1 is 1.26 bits per heavy atom. The number of nitrogens with two attached hydrogens (primary N) is 1. The molecule has 0 aromatic rings. The lowest BCUT2D eigenvalue weighted by atomic mass is 9.83. The molecule has 19 heavy (non-hydrogen) atoms. The molecule has 0 bridgehead atoms. The zero-order chi connectivity index (χ0) is 13.9. The number of ether oxygens (including phenoxy) is 1. The van der Waals surface area contributed by atoms with Gasteiger partial charge in [0.05, 0.1) is 6.10 Å². The van der Waals surface area contributed by atoms with Crippen LogP contribution < -0.4 is 5.73 Å². The minimum atomic E-state index is 0.196. The second kappa shape index (κ2) is 6.53. The summed E-state index contributed by atoms with van der Waals surface area (Å²) >= 11 is 0. The first-order valence-electron chi connectivity index (χ1n) is 7.92. The van der Waals surface area contributed by atoms with Crippen molar-refractivity contribution in [2.75, 3.05) is 39.3 Å². The Balaban J connectivity index is 1.98. The van der Waals surface area contributed by atoms with Gasteiger partial charge in [-0.25, -0.2) is 0 Å². The highest BCUT2D eigenvalue weighted by atomic mass is 16.5. The van der Waals surface area contributed by atoms with Crippen LogP contribution in [0.15, 0.2) is 0 Å². The van der Waals surface area contributed by atoms with E-state index < -0.39 is 0 Å². The third-order valence-corrected chi connectivity index (χ3v) is 5.08. The molecule has 2 unspecified atom stereocenters. The lowest BCUT2D eigenvalue weighted by Gasteiger charge is -2.51. The average molecular weight is 269 g/mol. The Bertz CT molecular complexity index is 277. The minimum Gasteiger partial charge on any atom is -0.378 e. The molecule has 4 heteroatoms. The number of rotatable bonds is 4. The number of hydrogen-bond donors (Lipinski definition) is 1. The van der Waals surface area contributed by atoms with Crippen LogP contribution in [0.25, 0.3) is 0 Å². The van der Waals surface area contributed by atoms with Crippen LogP contribution in [0.4, 0.5) is 0 Å². The van der Waals surface area contributed by atoms with E-state index in [4.69, 9.17) is 10.5 Å². The average Bonchev–Trinajstić information content (AvgIpc) is 2.47. The molecule has 4 nitrogen and oxygen atoms in total. The molecular weight excluding hydrogens is 238 g/mol. The number of hydrogen-bond acceptors (Lipinski definition) is 4. The summed E-state index contributed by atoms with van der Waals surface area (Å²) < 4.78 is 5.84. The molecule has 112 valence electrons. The monoisotopic (exact) mass is 269 g/mol. The summed E-state index contributed by atoms with van der Waals surface area (Å²) in [6.07, 6.45) is 3.72. The van der Waals surface area contributed by atoms with Crippen LogP contribution in [0.2, 0.25) is 0 Å². The summed E-state index contributed by atoms with van der Waals surface area (Å²) in [4.78, 5) is 5.22. The molecule has 0 saturated carbocycles. The first kappa shape index (κ1) is 15.2. The van der Waals surface area contributed by atoms with Crippen LogP contribution in [0.5, 0.6) is 0 Å². The van der Waals surface area contributed by atoms with Gasteiger partial charge < -0.3 is 10.5 Å². The highest BCUT2D eigenvalue weighted by Crippen LogP contribution is 2.32. The van der Waals surface area contributed by atoms with Crippen molar-refractivity contribution < 1.29 is 4.74 Å². The maximum absolute atomic E-state index is 6.17. The van der Waals surface area contributed by atoms with Crippen molar-refractivity contribution in [3.63, 3.8) is 0 Å². The third kappa shape index (κ3) is 3.30. The van der Waals surface area contributed by atoms with Gasteiger partial charge in [-0.05, 0) is 33.1 Å². The largest absolute Gasteiger partial charge is 0.378 e. The molecule has 2 atom stereocenters. The van der Waals surface area contributed by atoms with E-state index in [1.165, 1.54) is 13.1 Å². The second-order valence-electron chi connectivity index (χ2n) is 6.40. The molecule has 0 aliphatic carbocycles. The van der Waals surface area contributed by atoms with Crippen molar-refractivity contribution in [1.82, 2.24) is 9.80 Å². The van der Waals surface area contributed by atoms with E-state index >= 15 is 0 Å². The summed E-state index contributed by atoms with van der Waals surface area (Å²) in [5.74, 6) is 0. The normalized spacial score (nSPS) is 34.9. The molecule has 2 aliphatic heterocycles. The smallest absolute Gasteiger partial charge is 0.0590 e. The van der Waals surface area contributed by atoms with Crippen LogP contribution in [0, 0.1) is 0 Å². The van der Waals surface area contributed by atoms with Crippen molar-refractivity contribution in [3.8, 4) is 0 Å². The predicted molar refractivity (Wildman–Crippen MR) is 79.3 cm³/mol. The van der Waals surface area contributed by atoms with Crippen molar-refractivity contribution in [2.45, 2.75) is 57.7 Å². The van der Waals surface area contributed by atoms with Crippen molar-refractivity contribution in [3.05, 3.63) is 0 Å². The Labute approximate surface area is 118 Å². The fourth-order valence-corrected chi connectivity index (χ4v) is 3.58. The molecule has 2 saturated heterocycles. The quantitative estimate of drug-likeness (QED) is 0.835. The fourth-order valence-electron chi connectivity index (χ4n) is 3.58. The highest BCUT2D eigenvalue weighted by molar-refractivity contribution is 4.98. The van der Waals surface area contributed by atoms with Gasteiger partial charge in [0.1, 0.15) is 0 Å². The molecular formula is C15H31N3O. The van der Waals surface area contributed by atoms with Gasteiger partial charge in [-0.15, -0.1) is 0 Å². The highest BCUT2D eigenvalue weighted by Gasteiger charge is 2.41. The van der Waals surface area contributed by atoms with Gasteiger partial charge in [-0.2, -0.15) is 0 Å². The van der Waals surface area contributed by atoms with E-state index in [0.29, 0.717) is 12.1 Å². The summed E-state index contributed by atoms with van der Waals surface area (Å²) in [5.41, 5.74) is 6.37. The van der Waals surface area contributed by atoms with Crippen LogP contribution in [0.3, 0.4) is 0 Å². The van der Waals surface area contributed by atoms with Crippen LogP contribution in [0.1, 0.15) is 40.0 Å². The van der Waals surface area contributed by atoms with Gasteiger partial charge in [-0.3, -0.25) is 9.80 Å². The Hall–Kier alpha value is -0.160. The van der Waals surface area contributed by atoms with Crippen molar-refractivity contribution in [1.29, 1.82) is 0 Å². The standard InChI is InChI=1S/C15H31N3O/c1-4-14-11-15(12-16,5-10-19-14)18-8-6-17(7-9-18)13(2)3/h13-14H,4-12,16H2,1-3H3. The van der Waals surface area contributed by atoms with Crippen molar-refractivity contribution >= 4 is 0 Å². The van der Waals surface area contributed by atoms with E-state index in [0.717, 1.165) is 45.5 Å². The third-order valence-electron chi connectivity index (χ3n) is 5.08. The molecule has 2 fully saturated rings. The Kier molecular flexibility index (Phi) is 5.23. The lowest BCUT2D eigenvalue weighted by Crippen LogP contribution is -2.63. The molecule has 2 heterocycles. The van der Waals surface area contributed by atoms with Gasteiger partial charge in [0.25, 0.3) is 0 Å². The van der Waals surface area contributed by atoms with E-state index in [1.54, 1.807) is 0 Å². The first-order valence-corrected chi connectivity index (χ1v) is 7.92. The molecule has 2 rings (SSSR count). The van der Waals surface area contributed by atoms with E-state index in [2.05, 4.69) is 30.6 Å². The van der Waals surface area contributed by atoms with Gasteiger partial charge in [0, 0.05) is 50.9 Å². The summed E-state index contributed by atoms with van der Waals surface area (Å²) in [6.45, 7) is 13.1. The van der Waals surface area contributed by atoms with E-state index in [-0.39, 0.29) is 5.54 Å². The van der Waals surface area contributed by atoms with Gasteiger partial charge in [-0.1, -0.05) is 6.92 Å². The Morgan fingerprint density at radius 3 is 2.47 bits per heavy atom. The van der Waals surface area contributed by atoms with Gasteiger partial charge in [0.15, 0.2) is 0 Å². The van der Waals surface area contributed by atoms with Crippen LogP contribution >= 0.6 is 0 Å². The van der Waals surface area contributed by atoms with Crippen molar-refractivity contribution in [2.24, 2.45) is 5.73 Å².